The van der Waals surface area contributed by atoms with Crippen molar-refractivity contribution in [1.82, 2.24) is 14.5 Å². The van der Waals surface area contributed by atoms with Crippen LogP contribution in [0.3, 0.4) is 0 Å². The maximum atomic E-state index is 12.0. The van der Waals surface area contributed by atoms with Gasteiger partial charge in [-0.1, -0.05) is 0 Å². The topological polar surface area (TPSA) is 137 Å². The van der Waals surface area contributed by atoms with Crippen LogP contribution in [0.2, 0.25) is 0 Å². The highest BCUT2D eigenvalue weighted by Gasteiger charge is 2.46. The molecule has 1 fully saturated rings. The zero-order valence-corrected chi connectivity index (χ0v) is 13.7. The van der Waals surface area contributed by atoms with Crippen molar-refractivity contribution in [3.63, 3.8) is 0 Å². The second kappa shape index (κ2) is 7.55. The molecule has 0 radical (unpaired) electrons. The van der Waals surface area contributed by atoms with Gasteiger partial charge in [0.25, 0.3) is 5.56 Å². The Morgan fingerprint density at radius 3 is 2.71 bits per heavy atom. The van der Waals surface area contributed by atoms with Crippen LogP contribution in [-0.2, 0) is 9.47 Å². The van der Waals surface area contributed by atoms with Gasteiger partial charge in [-0.3, -0.25) is 19.2 Å². The third kappa shape index (κ3) is 3.74. The van der Waals surface area contributed by atoms with E-state index >= 15 is 0 Å². The normalized spacial score (nSPS) is 28.5. The van der Waals surface area contributed by atoms with E-state index in [0.29, 0.717) is 0 Å². The number of nitrogens with one attached hydrogen (secondary N) is 1. The van der Waals surface area contributed by atoms with Crippen LogP contribution in [0.25, 0.3) is 0 Å². The highest BCUT2D eigenvalue weighted by molar-refractivity contribution is 5.03. The van der Waals surface area contributed by atoms with Gasteiger partial charge in [-0.05, 0) is 21.0 Å². The molecule has 0 amide bonds. The van der Waals surface area contributed by atoms with Crippen molar-refractivity contribution in [3.8, 4) is 0 Å². The van der Waals surface area contributed by atoms with Crippen LogP contribution in [0, 0.1) is 6.92 Å². The second-order valence-corrected chi connectivity index (χ2v) is 5.96. The van der Waals surface area contributed by atoms with Gasteiger partial charge in [0.15, 0.2) is 6.23 Å². The number of aliphatic hydroxyl groups excluding tert-OH is 3. The summed E-state index contributed by atoms with van der Waals surface area (Å²) in [5, 5.41) is 29.4. The summed E-state index contributed by atoms with van der Waals surface area (Å²) in [6, 6.07) is 0. The molecule has 1 aromatic heterocycles. The molecule has 1 saturated heterocycles. The number of rotatable bonds is 6. The van der Waals surface area contributed by atoms with Crippen LogP contribution in [-0.4, -0.2) is 81.6 Å². The number of hydrogen-bond acceptors (Lipinski definition) is 8. The number of likely N-dealkylation sites (N-methyl/N-ethyl adjacent to an activating group) is 1. The third-order valence-electron chi connectivity index (χ3n) is 3.95. The van der Waals surface area contributed by atoms with Crippen LogP contribution < -0.4 is 11.2 Å². The molecule has 2 heterocycles. The molecule has 0 bridgehead atoms. The Morgan fingerprint density at radius 1 is 1.46 bits per heavy atom. The first-order valence-electron chi connectivity index (χ1n) is 7.48. The fourth-order valence-electron chi connectivity index (χ4n) is 2.39. The Labute approximate surface area is 137 Å². The summed E-state index contributed by atoms with van der Waals surface area (Å²) in [5.74, 6) is 0. The van der Waals surface area contributed by atoms with Crippen molar-refractivity contribution in [2.45, 2.75) is 37.7 Å². The molecule has 5 atom stereocenters. The molecule has 0 aromatic carbocycles. The molecule has 1 aliphatic heterocycles. The predicted octanol–water partition coefficient (Wildman–Crippen LogP) is -2.64. The molecule has 4 N–H and O–H groups in total. The Hall–Kier alpha value is -1.56. The molecule has 1 aliphatic rings. The van der Waals surface area contributed by atoms with Crippen LogP contribution in [0.4, 0.5) is 0 Å². The lowest BCUT2D eigenvalue weighted by Crippen LogP contribution is -2.42. The van der Waals surface area contributed by atoms with Crippen molar-refractivity contribution < 1.29 is 24.8 Å². The van der Waals surface area contributed by atoms with E-state index in [1.807, 2.05) is 0 Å². The first-order chi connectivity index (χ1) is 11.3. The lowest BCUT2D eigenvalue weighted by molar-refractivity contribution is -0.113. The Kier molecular flexibility index (Phi) is 5.91. The lowest BCUT2D eigenvalue weighted by atomic mass is 10.1. The molecule has 0 saturated carbocycles. The maximum Gasteiger partial charge on any atom is 0.330 e. The molecule has 10 nitrogen and oxygen atoms in total. The first kappa shape index (κ1) is 18.8. The van der Waals surface area contributed by atoms with Crippen molar-refractivity contribution in [2.24, 2.45) is 0 Å². The van der Waals surface area contributed by atoms with Crippen LogP contribution in [0.15, 0.2) is 15.8 Å². The first-order valence-corrected chi connectivity index (χ1v) is 7.48. The van der Waals surface area contributed by atoms with Gasteiger partial charge in [0.05, 0.1) is 13.2 Å². The van der Waals surface area contributed by atoms with E-state index in [1.165, 1.54) is 18.0 Å². The average molecular weight is 345 g/mol. The summed E-state index contributed by atoms with van der Waals surface area (Å²) < 4.78 is 12.1. The summed E-state index contributed by atoms with van der Waals surface area (Å²) >= 11 is 0. The Bertz CT molecular complexity index is 671. The van der Waals surface area contributed by atoms with Crippen LogP contribution in [0.1, 0.15) is 11.8 Å². The average Bonchev–Trinajstić information content (AvgIpc) is 2.84. The highest BCUT2D eigenvalue weighted by atomic mass is 16.6. The number of H-pyrrole nitrogens is 1. The summed E-state index contributed by atoms with van der Waals surface area (Å²) in [7, 11) is 3.30. The summed E-state index contributed by atoms with van der Waals surface area (Å²) in [5.41, 5.74) is -0.954. The van der Waals surface area contributed by atoms with Gasteiger partial charge in [0.1, 0.15) is 24.5 Å². The molecule has 10 heteroatoms. The number of aryl methyl sites for hydroxylation is 1. The number of nitrogens with zero attached hydrogens (tertiary/aromatic N) is 2. The fraction of sp³-hybridized carbons (Fsp3) is 0.714. The minimum absolute atomic E-state index is 0.135. The van der Waals surface area contributed by atoms with E-state index in [2.05, 4.69) is 4.98 Å². The Balaban J connectivity index is 2.30. The third-order valence-corrected chi connectivity index (χ3v) is 3.95. The fourth-order valence-corrected chi connectivity index (χ4v) is 2.39. The standard InChI is InChI=1S/C14H23N3O7/c1-7-4-17(14(22)15-12(7)21)13-11(10(20)8(5-18)24-13)23-6-9(19)16(2)3/h4,8-11,13,18-20H,5-6H2,1-3H3,(H,15,21,22)/t8-,9?,10?,11?,13-/m0/s1. The largest absolute Gasteiger partial charge is 0.394 e. The Morgan fingerprint density at radius 2 is 2.12 bits per heavy atom. The van der Waals surface area contributed by atoms with Gasteiger partial charge < -0.3 is 24.8 Å². The molecule has 0 spiro atoms. The van der Waals surface area contributed by atoms with E-state index in [4.69, 9.17) is 9.47 Å². The monoisotopic (exact) mass is 345 g/mol. The molecule has 136 valence electrons. The molecular formula is C14H23N3O7. The van der Waals surface area contributed by atoms with Crippen LogP contribution in [0.5, 0.6) is 0 Å². The lowest BCUT2D eigenvalue weighted by Gasteiger charge is -2.25. The molecule has 3 unspecified atom stereocenters. The molecule has 24 heavy (non-hydrogen) atoms. The number of hydrogen-bond donors (Lipinski definition) is 4. The van der Waals surface area contributed by atoms with Gasteiger partial charge in [-0.2, -0.15) is 0 Å². The quantitative estimate of drug-likeness (QED) is 0.411. The van der Waals surface area contributed by atoms with Gasteiger partial charge in [-0.25, -0.2) is 4.79 Å². The second-order valence-electron chi connectivity index (χ2n) is 5.96. The number of aromatic nitrogens is 2. The predicted molar refractivity (Wildman–Crippen MR) is 82.5 cm³/mol. The SMILES string of the molecule is Cc1cn([C@H]2O[C@@H](CO)C(O)C2OCC(O)N(C)C)c(=O)[nH]c1=O. The van der Waals surface area contributed by atoms with Crippen LogP contribution >= 0.6 is 0 Å². The molecular weight excluding hydrogens is 322 g/mol. The van der Waals surface area contributed by atoms with Crippen molar-refractivity contribution in [2.75, 3.05) is 27.3 Å². The van der Waals surface area contributed by atoms with E-state index in [9.17, 15) is 24.9 Å². The van der Waals surface area contributed by atoms with Crippen molar-refractivity contribution in [3.05, 3.63) is 32.6 Å². The van der Waals surface area contributed by atoms with E-state index in [-0.39, 0.29) is 12.2 Å². The minimum atomic E-state index is -1.20. The highest BCUT2D eigenvalue weighted by Crippen LogP contribution is 2.30. The van der Waals surface area contributed by atoms with Crippen molar-refractivity contribution in [1.29, 1.82) is 0 Å². The zero-order chi connectivity index (χ0) is 18.0. The molecule has 2 rings (SSSR count). The van der Waals surface area contributed by atoms with Gasteiger partial charge in [0, 0.05) is 11.8 Å². The molecule has 0 aliphatic carbocycles. The summed E-state index contributed by atoms with van der Waals surface area (Å²) in [6.07, 6.45) is -3.81. The van der Waals surface area contributed by atoms with E-state index in [1.54, 1.807) is 14.1 Å². The maximum absolute atomic E-state index is 12.0. The zero-order valence-electron chi connectivity index (χ0n) is 13.7. The number of aromatic amines is 1. The smallest absolute Gasteiger partial charge is 0.330 e. The van der Waals surface area contributed by atoms with E-state index < -0.39 is 48.6 Å². The number of ether oxygens (including phenoxy) is 2. The summed E-state index contributed by atoms with van der Waals surface area (Å²) in [6.45, 7) is 0.921. The van der Waals surface area contributed by atoms with E-state index in [0.717, 1.165) is 4.57 Å². The minimum Gasteiger partial charge on any atom is -0.394 e. The summed E-state index contributed by atoms with van der Waals surface area (Å²) in [4.78, 5) is 27.2. The molecule has 1 aromatic rings. The van der Waals surface area contributed by atoms with Gasteiger partial charge in [-0.15, -0.1) is 0 Å². The van der Waals surface area contributed by atoms with Gasteiger partial charge in [0.2, 0.25) is 0 Å². The van der Waals surface area contributed by atoms with Gasteiger partial charge >= 0.3 is 5.69 Å². The number of aliphatic hydroxyl groups is 3. The van der Waals surface area contributed by atoms with Crippen molar-refractivity contribution >= 4 is 0 Å².